The molecule has 1 radical (unpaired) electrons. The number of hydrogen-bond donors (Lipinski definition) is 2. The van der Waals surface area contributed by atoms with E-state index < -0.39 is 5.97 Å². The van der Waals surface area contributed by atoms with Gasteiger partial charge in [0, 0.05) is 51.4 Å². The van der Waals surface area contributed by atoms with Crippen LogP contribution >= 0.6 is 0 Å². The van der Waals surface area contributed by atoms with E-state index in [-0.39, 0.29) is 57.4 Å². The van der Waals surface area contributed by atoms with Gasteiger partial charge in [0.05, 0.1) is 0 Å². The zero-order valence-corrected chi connectivity index (χ0v) is 8.68. The van der Waals surface area contributed by atoms with Crippen LogP contribution in [0.1, 0.15) is 12.8 Å². The predicted molar refractivity (Wildman–Crippen MR) is 34.4 cm³/mol. The van der Waals surface area contributed by atoms with Crippen molar-refractivity contribution in [3.63, 3.8) is 0 Å². The molecule has 0 aromatic carbocycles. The molecule has 0 unspecified atom stereocenters. The van der Waals surface area contributed by atoms with Gasteiger partial charge in [-0.25, -0.2) is 0 Å². The molecule has 0 aliphatic carbocycles. The first-order valence-electron chi connectivity index (χ1n) is 2.77. The summed E-state index contributed by atoms with van der Waals surface area (Å²) in [6.07, 6.45) is 1.78. The Bertz CT molecular complexity index is 101. The smallest absolute Gasteiger partial charge is 0.320 e. The van der Waals surface area contributed by atoms with Gasteiger partial charge in [-0.1, -0.05) is 0 Å². The summed E-state index contributed by atoms with van der Waals surface area (Å²) in [6, 6.07) is -0.269. The van der Waals surface area contributed by atoms with Crippen molar-refractivity contribution < 1.29 is 9.90 Å². The largest absolute Gasteiger partial charge is 0.480 e. The maximum absolute atomic E-state index is 10.1. The Labute approximate surface area is 96.6 Å². The molecule has 9 heavy (non-hydrogen) atoms. The summed E-state index contributed by atoms with van der Waals surface area (Å²) < 4.78 is 0. The average Bonchev–Trinajstić information content (AvgIpc) is 2.12. The Morgan fingerprint density at radius 2 is 2.33 bits per heavy atom. The van der Waals surface area contributed by atoms with Gasteiger partial charge in [0.25, 0.3) is 0 Å². The summed E-state index contributed by atoms with van der Waals surface area (Å²) in [7, 11) is 0. The van der Waals surface area contributed by atoms with E-state index in [9.17, 15) is 4.79 Å². The molecule has 1 aliphatic heterocycles. The molecule has 47 valence electrons. The van der Waals surface area contributed by atoms with Crippen molar-refractivity contribution in [2.75, 3.05) is 6.54 Å². The van der Waals surface area contributed by atoms with Crippen LogP contribution in [0.4, 0.5) is 0 Å². The van der Waals surface area contributed by atoms with Crippen molar-refractivity contribution >= 4 is 57.4 Å². The van der Waals surface area contributed by atoms with E-state index in [1.807, 2.05) is 0 Å². The van der Waals surface area contributed by atoms with E-state index >= 15 is 0 Å². The second-order valence-corrected chi connectivity index (χ2v) is 1.99. The van der Waals surface area contributed by atoms with Crippen LogP contribution in [0.2, 0.25) is 0 Å². The first-order valence-corrected chi connectivity index (χ1v) is 2.77. The summed E-state index contributed by atoms with van der Waals surface area (Å²) in [4.78, 5) is 10.1. The molecule has 1 atom stereocenters. The van der Waals surface area contributed by atoms with Gasteiger partial charge in [0.15, 0.2) is 0 Å². The Balaban J connectivity index is 0.000000640. The molecule has 0 amide bonds. The topological polar surface area (TPSA) is 49.3 Å². The van der Waals surface area contributed by atoms with Gasteiger partial charge < -0.3 is 10.4 Å². The molecule has 0 aromatic rings. The van der Waals surface area contributed by atoms with Crippen molar-refractivity contribution in [1.82, 2.24) is 5.32 Å². The van der Waals surface area contributed by atoms with Gasteiger partial charge in [0.1, 0.15) is 6.04 Å². The quantitative estimate of drug-likeness (QED) is 0.498. The van der Waals surface area contributed by atoms with E-state index in [0.29, 0.717) is 0 Å². The number of carboxylic acid groups (broad SMARTS) is 1. The van der Waals surface area contributed by atoms with Gasteiger partial charge in [0.2, 0.25) is 0 Å². The first kappa shape index (κ1) is 10.1. The number of hydrogen-bond acceptors (Lipinski definition) is 2. The summed E-state index contributed by atoms with van der Waals surface area (Å²) in [5.41, 5.74) is 0. The van der Waals surface area contributed by atoms with E-state index in [0.717, 1.165) is 19.4 Å². The fourth-order valence-electron chi connectivity index (χ4n) is 0.895. The van der Waals surface area contributed by atoms with Gasteiger partial charge in [-0.05, 0) is 19.4 Å². The van der Waals surface area contributed by atoms with E-state index in [2.05, 4.69) is 5.32 Å². The molecule has 1 aliphatic rings. The van der Waals surface area contributed by atoms with Crippen molar-refractivity contribution in [3.05, 3.63) is 0 Å². The van der Waals surface area contributed by atoms with Crippen molar-refractivity contribution in [2.45, 2.75) is 18.9 Å². The van der Waals surface area contributed by atoms with E-state index in [1.165, 1.54) is 0 Å². The minimum absolute atomic E-state index is 0. The first-order chi connectivity index (χ1) is 3.80. The summed E-state index contributed by atoms with van der Waals surface area (Å²) in [6.45, 7) is 0.858. The average molecular weight is 154 g/mol. The molecule has 0 spiro atoms. The second kappa shape index (κ2) is 4.82. The van der Waals surface area contributed by atoms with Gasteiger partial charge in [-0.3, -0.25) is 4.79 Å². The summed E-state index contributed by atoms with van der Waals surface area (Å²) in [5.74, 6) is -0.720. The molecule has 0 aromatic heterocycles. The molecule has 1 fully saturated rings. The minimum Gasteiger partial charge on any atom is -0.480 e. The molecular formula is C5H9KNO2. The predicted octanol–water partition coefficient (Wildman–Crippen LogP) is -0.558. The van der Waals surface area contributed by atoms with Crippen molar-refractivity contribution in [2.24, 2.45) is 0 Å². The molecule has 0 bridgehead atoms. The normalized spacial score (nSPS) is 25.1. The third-order valence-electron chi connectivity index (χ3n) is 1.36. The molecule has 1 saturated heterocycles. The third kappa shape index (κ3) is 3.11. The number of aliphatic carboxylic acids is 1. The molecule has 3 nitrogen and oxygen atoms in total. The van der Waals surface area contributed by atoms with Crippen LogP contribution in [0.3, 0.4) is 0 Å². The van der Waals surface area contributed by atoms with Crippen molar-refractivity contribution in [1.29, 1.82) is 0 Å². The Morgan fingerprint density at radius 1 is 1.67 bits per heavy atom. The SMILES string of the molecule is O=C(O)[C@@H]1CCCN1.[K]. The zero-order chi connectivity index (χ0) is 5.98. The van der Waals surface area contributed by atoms with Crippen LogP contribution < -0.4 is 5.32 Å². The maximum Gasteiger partial charge on any atom is 0.320 e. The third-order valence-corrected chi connectivity index (χ3v) is 1.36. The van der Waals surface area contributed by atoms with Crippen molar-refractivity contribution in [3.8, 4) is 0 Å². The molecule has 1 rings (SSSR count). The van der Waals surface area contributed by atoms with Gasteiger partial charge in [-0.2, -0.15) is 0 Å². The monoisotopic (exact) mass is 154 g/mol. The number of rotatable bonds is 1. The van der Waals surface area contributed by atoms with Crippen LogP contribution in [0.5, 0.6) is 0 Å². The van der Waals surface area contributed by atoms with Gasteiger partial charge >= 0.3 is 5.97 Å². The summed E-state index contributed by atoms with van der Waals surface area (Å²) >= 11 is 0. The zero-order valence-electron chi connectivity index (χ0n) is 5.55. The molecular weight excluding hydrogens is 145 g/mol. The van der Waals surface area contributed by atoms with Crippen LogP contribution in [-0.4, -0.2) is 75.0 Å². The minimum atomic E-state index is -0.720. The van der Waals surface area contributed by atoms with Crippen LogP contribution in [0, 0.1) is 0 Å². The fraction of sp³-hybridized carbons (Fsp3) is 0.800. The Kier molecular flexibility index (Phi) is 5.39. The summed E-state index contributed by atoms with van der Waals surface area (Å²) in [5, 5.41) is 11.2. The fourth-order valence-corrected chi connectivity index (χ4v) is 0.895. The van der Waals surface area contributed by atoms with Crippen LogP contribution in [0.25, 0.3) is 0 Å². The Hall–Kier alpha value is 1.07. The standard InChI is InChI=1S/C5H9NO2.K/c7-5(8)4-2-1-3-6-4;/h4,6H,1-3H2,(H,7,8);/t4-;/m0./s1. The number of carboxylic acids is 1. The molecule has 0 saturated carbocycles. The van der Waals surface area contributed by atoms with E-state index in [4.69, 9.17) is 5.11 Å². The second-order valence-electron chi connectivity index (χ2n) is 1.99. The number of nitrogens with one attached hydrogen (secondary N) is 1. The van der Waals surface area contributed by atoms with E-state index in [1.54, 1.807) is 0 Å². The van der Waals surface area contributed by atoms with Gasteiger partial charge in [-0.15, -0.1) is 0 Å². The number of carbonyl (C=O) groups is 1. The maximum atomic E-state index is 10.1. The van der Waals surface area contributed by atoms with Crippen LogP contribution in [0.15, 0.2) is 0 Å². The Morgan fingerprint density at radius 3 is 2.56 bits per heavy atom. The molecule has 2 N–H and O–H groups in total. The van der Waals surface area contributed by atoms with Crippen LogP contribution in [-0.2, 0) is 4.79 Å². The molecule has 1 heterocycles. The molecule has 4 heteroatoms.